The van der Waals surface area contributed by atoms with E-state index in [0.29, 0.717) is 11.0 Å². The molecule has 0 saturated carbocycles. The third-order valence-corrected chi connectivity index (χ3v) is 2.28. The van der Waals surface area contributed by atoms with Gasteiger partial charge in [-0.3, -0.25) is 0 Å². The summed E-state index contributed by atoms with van der Waals surface area (Å²) in [6.07, 6.45) is 0. The molecule has 0 aliphatic rings. The smallest absolute Gasteiger partial charge is 0.338 e. The van der Waals surface area contributed by atoms with Gasteiger partial charge < -0.3 is 5.11 Å². The van der Waals surface area contributed by atoms with E-state index >= 15 is 0 Å². The number of carboxylic acids is 1. The van der Waals surface area contributed by atoms with Gasteiger partial charge in [0, 0.05) is 12.1 Å². The first-order valence-electron chi connectivity index (χ1n) is 4.78. The van der Waals surface area contributed by atoms with E-state index in [2.05, 4.69) is 10.3 Å². The monoisotopic (exact) mass is 223 g/mol. The molecular formula is C10H10FN3O2. The minimum absolute atomic E-state index is 0.0390. The van der Waals surface area contributed by atoms with E-state index in [1.54, 1.807) is 4.68 Å². The number of hydrogen-bond acceptors (Lipinski definition) is 3. The number of carboxylic acid groups (broad SMARTS) is 1. The molecule has 2 rings (SSSR count). The van der Waals surface area contributed by atoms with E-state index in [1.807, 2.05) is 13.8 Å². The van der Waals surface area contributed by atoms with Gasteiger partial charge in [0.15, 0.2) is 0 Å². The summed E-state index contributed by atoms with van der Waals surface area (Å²) in [7, 11) is 0. The number of hydrogen-bond donors (Lipinski definition) is 1. The molecule has 0 aliphatic heterocycles. The van der Waals surface area contributed by atoms with Gasteiger partial charge in [0.2, 0.25) is 0 Å². The molecule has 0 amide bonds. The van der Waals surface area contributed by atoms with E-state index in [-0.39, 0.29) is 11.6 Å². The number of nitrogens with zero attached hydrogens (tertiary/aromatic N) is 3. The third kappa shape index (κ3) is 1.52. The fraction of sp³-hybridized carbons (Fsp3) is 0.300. The summed E-state index contributed by atoms with van der Waals surface area (Å²) in [5.74, 6) is -2.09. The van der Waals surface area contributed by atoms with Crippen molar-refractivity contribution in [3.05, 3.63) is 23.5 Å². The van der Waals surface area contributed by atoms with E-state index in [9.17, 15) is 9.18 Å². The van der Waals surface area contributed by atoms with Crippen molar-refractivity contribution in [2.75, 3.05) is 0 Å². The van der Waals surface area contributed by atoms with E-state index in [0.717, 1.165) is 6.07 Å². The fourth-order valence-corrected chi connectivity index (χ4v) is 1.50. The largest absolute Gasteiger partial charge is 0.478 e. The number of aromatic carboxylic acids is 1. The number of aromatic nitrogens is 3. The van der Waals surface area contributed by atoms with Gasteiger partial charge in [-0.2, -0.15) is 0 Å². The molecule has 84 valence electrons. The zero-order valence-corrected chi connectivity index (χ0v) is 8.81. The first-order valence-corrected chi connectivity index (χ1v) is 4.78. The summed E-state index contributed by atoms with van der Waals surface area (Å²) in [5.41, 5.74) is 0.515. The lowest BCUT2D eigenvalue weighted by Crippen LogP contribution is -2.05. The van der Waals surface area contributed by atoms with Gasteiger partial charge in [-0.25, -0.2) is 13.9 Å². The van der Waals surface area contributed by atoms with Crippen molar-refractivity contribution in [1.29, 1.82) is 0 Å². The molecule has 0 saturated heterocycles. The van der Waals surface area contributed by atoms with Gasteiger partial charge >= 0.3 is 5.97 Å². The number of fused-ring (bicyclic) bond motifs is 1. The van der Waals surface area contributed by atoms with Crippen LogP contribution in [0.4, 0.5) is 4.39 Å². The minimum atomic E-state index is -1.30. The normalized spacial score (nSPS) is 11.2. The molecule has 0 fully saturated rings. The molecule has 1 aromatic heterocycles. The van der Waals surface area contributed by atoms with Crippen molar-refractivity contribution in [3.8, 4) is 0 Å². The molecule has 1 N–H and O–H groups in total. The molecular weight excluding hydrogens is 213 g/mol. The van der Waals surface area contributed by atoms with E-state index < -0.39 is 11.8 Å². The molecule has 1 heterocycles. The molecule has 16 heavy (non-hydrogen) atoms. The molecule has 0 atom stereocenters. The highest BCUT2D eigenvalue weighted by atomic mass is 19.1. The van der Waals surface area contributed by atoms with Crippen molar-refractivity contribution in [1.82, 2.24) is 15.0 Å². The van der Waals surface area contributed by atoms with Crippen LogP contribution in [0.15, 0.2) is 12.1 Å². The first-order chi connectivity index (χ1) is 7.50. The number of halogens is 1. The second-order valence-electron chi connectivity index (χ2n) is 3.75. The minimum Gasteiger partial charge on any atom is -0.478 e. The van der Waals surface area contributed by atoms with Gasteiger partial charge in [0.25, 0.3) is 0 Å². The number of benzene rings is 1. The van der Waals surface area contributed by atoms with Crippen LogP contribution in [0.1, 0.15) is 30.2 Å². The Kier molecular flexibility index (Phi) is 2.34. The maximum atomic E-state index is 13.3. The van der Waals surface area contributed by atoms with Crippen molar-refractivity contribution in [2.45, 2.75) is 19.9 Å². The summed E-state index contributed by atoms with van der Waals surface area (Å²) < 4.78 is 14.9. The van der Waals surface area contributed by atoms with Crippen molar-refractivity contribution >= 4 is 17.0 Å². The zero-order valence-electron chi connectivity index (χ0n) is 8.81. The lowest BCUT2D eigenvalue weighted by atomic mass is 10.2. The fourth-order valence-electron chi connectivity index (χ4n) is 1.50. The standard InChI is InChI=1S/C10H10FN3O2/c1-5(2)14-9-3-6(10(15)16)7(11)4-8(9)12-13-14/h3-5H,1-2H3,(H,15,16). The lowest BCUT2D eigenvalue weighted by Gasteiger charge is -2.05. The zero-order chi connectivity index (χ0) is 11.9. The number of rotatable bonds is 2. The molecule has 1 aromatic carbocycles. The maximum absolute atomic E-state index is 13.3. The average molecular weight is 223 g/mol. The Labute approximate surface area is 90.5 Å². The Morgan fingerprint density at radius 3 is 2.75 bits per heavy atom. The van der Waals surface area contributed by atoms with Gasteiger partial charge in [0.1, 0.15) is 11.3 Å². The summed E-state index contributed by atoms with van der Waals surface area (Å²) >= 11 is 0. The Bertz CT molecular complexity index is 562. The second-order valence-corrected chi connectivity index (χ2v) is 3.75. The molecule has 6 heteroatoms. The Hall–Kier alpha value is -1.98. The topological polar surface area (TPSA) is 68.0 Å². The Balaban J connectivity index is 2.74. The predicted molar refractivity (Wildman–Crippen MR) is 54.8 cm³/mol. The first kappa shape index (κ1) is 10.5. The number of carbonyl (C=O) groups is 1. The highest BCUT2D eigenvalue weighted by Gasteiger charge is 2.16. The van der Waals surface area contributed by atoms with Crippen LogP contribution < -0.4 is 0 Å². The van der Waals surface area contributed by atoms with Gasteiger partial charge in [0.05, 0.1) is 11.1 Å². The van der Waals surface area contributed by atoms with Crippen LogP contribution in [-0.2, 0) is 0 Å². The predicted octanol–water partition coefficient (Wildman–Crippen LogP) is 1.85. The third-order valence-electron chi connectivity index (χ3n) is 2.28. The van der Waals surface area contributed by atoms with Crippen LogP contribution >= 0.6 is 0 Å². The lowest BCUT2D eigenvalue weighted by molar-refractivity contribution is 0.0692. The summed E-state index contributed by atoms with van der Waals surface area (Å²) in [6.45, 7) is 3.77. The van der Waals surface area contributed by atoms with Crippen LogP contribution in [0.2, 0.25) is 0 Å². The summed E-state index contributed by atoms with van der Waals surface area (Å²) in [5, 5.41) is 16.4. The second kappa shape index (κ2) is 3.55. The summed E-state index contributed by atoms with van der Waals surface area (Å²) in [6, 6.07) is 2.38. The van der Waals surface area contributed by atoms with Crippen molar-refractivity contribution in [2.24, 2.45) is 0 Å². The van der Waals surface area contributed by atoms with Gasteiger partial charge in [-0.05, 0) is 19.9 Å². The van der Waals surface area contributed by atoms with Gasteiger partial charge in [-0.15, -0.1) is 5.10 Å². The van der Waals surface area contributed by atoms with E-state index in [1.165, 1.54) is 6.07 Å². The van der Waals surface area contributed by atoms with Crippen LogP contribution in [0.3, 0.4) is 0 Å². The summed E-state index contributed by atoms with van der Waals surface area (Å²) in [4.78, 5) is 10.8. The average Bonchev–Trinajstić information content (AvgIpc) is 2.58. The van der Waals surface area contributed by atoms with Crippen LogP contribution in [-0.4, -0.2) is 26.1 Å². The van der Waals surface area contributed by atoms with Crippen LogP contribution in [0, 0.1) is 5.82 Å². The quantitative estimate of drug-likeness (QED) is 0.843. The highest BCUT2D eigenvalue weighted by Crippen LogP contribution is 2.19. The molecule has 0 radical (unpaired) electrons. The van der Waals surface area contributed by atoms with E-state index in [4.69, 9.17) is 5.11 Å². The molecule has 2 aromatic rings. The maximum Gasteiger partial charge on any atom is 0.338 e. The highest BCUT2D eigenvalue weighted by molar-refractivity contribution is 5.92. The molecule has 0 aliphatic carbocycles. The molecule has 0 spiro atoms. The van der Waals surface area contributed by atoms with Crippen molar-refractivity contribution in [3.63, 3.8) is 0 Å². The Morgan fingerprint density at radius 2 is 2.19 bits per heavy atom. The molecule has 5 nitrogen and oxygen atoms in total. The van der Waals surface area contributed by atoms with Gasteiger partial charge in [-0.1, -0.05) is 5.21 Å². The van der Waals surface area contributed by atoms with Crippen LogP contribution in [0.25, 0.3) is 11.0 Å². The Morgan fingerprint density at radius 1 is 1.50 bits per heavy atom. The molecule has 0 unspecified atom stereocenters. The molecule has 0 bridgehead atoms. The van der Waals surface area contributed by atoms with Crippen molar-refractivity contribution < 1.29 is 14.3 Å². The van der Waals surface area contributed by atoms with Crippen LogP contribution in [0.5, 0.6) is 0 Å². The SMILES string of the molecule is CC(C)n1nnc2cc(F)c(C(=O)O)cc21.